The van der Waals surface area contributed by atoms with E-state index in [0.717, 1.165) is 51.6 Å². The van der Waals surface area contributed by atoms with Gasteiger partial charge in [0.2, 0.25) is 5.95 Å². The summed E-state index contributed by atoms with van der Waals surface area (Å²) in [5.74, 6) is 2.33. The van der Waals surface area contributed by atoms with E-state index in [9.17, 15) is 0 Å². The third-order valence-electron chi connectivity index (χ3n) is 6.37. The first-order valence-electron chi connectivity index (χ1n) is 9.81. The summed E-state index contributed by atoms with van der Waals surface area (Å²) in [7, 11) is 0. The summed E-state index contributed by atoms with van der Waals surface area (Å²) in [5, 5.41) is 17.4. The van der Waals surface area contributed by atoms with Gasteiger partial charge in [-0.05, 0) is 50.5 Å². The van der Waals surface area contributed by atoms with E-state index >= 15 is 0 Å². The van der Waals surface area contributed by atoms with Crippen molar-refractivity contribution in [3.05, 3.63) is 23.2 Å². The van der Waals surface area contributed by atoms with Crippen LogP contribution in [0.25, 0.3) is 10.2 Å². The molecule has 0 saturated carbocycles. The Morgan fingerprint density at radius 3 is 2.85 bits per heavy atom. The second kappa shape index (κ2) is 5.90. The van der Waals surface area contributed by atoms with Crippen molar-refractivity contribution >= 4 is 39.1 Å². The van der Waals surface area contributed by atoms with Crippen LogP contribution in [0.3, 0.4) is 0 Å². The third-order valence-corrected chi connectivity index (χ3v) is 7.17. The lowest BCUT2D eigenvalue weighted by molar-refractivity contribution is -0.0180. The van der Waals surface area contributed by atoms with Crippen molar-refractivity contribution < 1.29 is 0 Å². The Hall–Kier alpha value is -2.19. The summed E-state index contributed by atoms with van der Waals surface area (Å²) in [6.45, 7) is 1.99. The molecule has 3 aromatic heterocycles. The maximum Gasteiger partial charge on any atom is 0.226 e. The maximum atomic E-state index is 4.80. The van der Waals surface area contributed by atoms with Crippen LogP contribution in [0.4, 0.5) is 17.6 Å². The van der Waals surface area contributed by atoms with Gasteiger partial charge in [0, 0.05) is 35.9 Å². The molecule has 140 valence electrons. The normalized spacial score (nSPS) is 29.5. The number of aromatic nitrogens is 4. The van der Waals surface area contributed by atoms with Gasteiger partial charge < -0.3 is 10.6 Å². The SMILES string of the molecule is Cc1cc(Nc2nc(N[C@@H]3C[C@H]4CCC5C[C@@H](C3)N54)nc3sccc23)n[nH]1. The molecule has 0 amide bonds. The monoisotopic (exact) mass is 381 g/mol. The Kier molecular flexibility index (Phi) is 3.46. The molecule has 3 aromatic rings. The lowest BCUT2D eigenvalue weighted by Crippen LogP contribution is -2.61. The molecule has 3 aliphatic rings. The zero-order valence-electron chi connectivity index (χ0n) is 15.3. The van der Waals surface area contributed by atoms with Crippen molar-refractivity contribution in [3.8, 4) is 0 Å². The smallest absolute Gasteiger partial charge is 0.226 e. The van der Waals surface area contributed by atoms with Crippen LogP contribution >= 0.6 is 11.3 Å². The van der Waals surface area contributed by atoms with Crippen molar-refractivity contribution in [1.29, 1.82) is 0 Å². The molecule has 1 unspecified atom stereocenters. The highest BCUT2D eigenvalue weighted by molar-refractivity contribution is 7.16. The molecule has 8 heteroatoms. The number of aromatic amines is 1. The topological polar surface area (TPSA) is 81.8 Å². The van der Waals surface area contributed by atoms with Gasteiger partial charge in [0.25, 0.3) is 0 Å². The number of nitrogens with one attached hydrogen (secondary N) is 3. The minimum atomic E-state index is 0.466. The van der Waals surface area contributed by atoms with Crippen molar-refractivity contribution in [1.82, 2.24) is 25.1 Å². The van der Waals surface area contributed by atoms with E-state index in [1.807, 2.05) is 13.0 Å². The Balaban J connectivity index is 1.27. The summed E-state index contributed by atoms with van der Waals surface area (Å²) in [5.41, 5.74) is 1.02. The summed E-state index contributed by atoms with van der Waals surface area (Å²) in [6, 6.07) is 6.92. The highest BCUT2D eigenvalue weighted by Crippen LogP contribution is 2.46. The minimum Gasteiger partial charge on any atom is -0.351 e. The number of aryl methyl sites for hydroxylation is 1. The number of piperidine rings is 1. The number of thiophene rings is 1. The van der Waals surface area contributed by atoms with Gasteiger partial charge >= 0.3 is 0 Å². The van der Waals surface area contributed by atoms with E-state index < -0.39 is 0 Å². The summed E-state index contributed by atoms with van der Waals surface area (Å²) >= 11 is 1.65. The van der Waals surface area contributed by atoms with Crippen molar-refractivity contribution in [3.63, 3.8) is 0 Å². The van der Waals surface area contributed by atoms with Crippen LogP contribution < -0.4 is 10.6 Å². The molecule has 4 atom stereocenters. The number of nitrogens with zero attached hydrogens (tertiary/aromatic N) is 4. The molecular formula is C19H23N7S. The summed E-state index contributed by atoms with van der Waals surface area (Å²) in [6.07, 6.45) is 6.54. The Morgan fingerprint density at radius 1 is 1.15 bits per heavy atom. The third kappa shape index (κ3) is 2.62. The van der Waals surface area contributed by atoms with Crippen LogP contribution in [0.5, 0.6) is 0 Å². The molecule has 3 N–H and O–H groups in total. The van der Waals surface area contributed by atoms with E-state index in [0.29, 0.717) is 6.04 Å². The van der Waals surface area contributed by atoms with E-state index in [1.54, 1.807) is 11.3 Å². The molecule has 0 aliphatic carbocycles. The second-order valence-corrected chi connectivity index (χ2v) is 9.03. The largest absolute Gasteiger partial charge is 0.351 e. The van der Waals surface area contributed by atoms with Gasteiger partial charge in [-0.3, -0.25) is 10.00 Å². The number of rotatable bonds is 4. The van der Waals surface area contributed by atoms with E-state index in [2.05, 4.69) is 37.2 Å². The number of hydrogen-bond acceptors (Lipinski definition) is 7. The molecule has 27 heavy (non-hydrogen) atoms. The van der Waals surface area contributed by atoms with Crippen molar-refractivity contribution in [2.75, 3.05) is 10.6 Å². The predicted octanol–water partition coefficient (Wildman–Crippen LogP) is 3.65. The van der Waals surface area contributed by atoms with Crippen LogP contribution in [0, 0.1) is 6.92 Å². The lowest BCUT2D eigenvalue weighted by Gasteiger charge is -2.53. The predicted molar refractivity (Wildman–Crippen MR) is 108 cm³/mol. The van der Waals surface area contributed by atoms with E-state index in [1.165, 1.54) is 32.1 Å². The fourth-order valence-electron chi connectivity index (χ4n) is 5.24. The number of hydrogen-bond donors (Lipinski definition) is 3. The average molecular weight is 382 g/mol. The molecule has 0 spiro atoms. The van der Waals surface area contributed by atoms with Gasteiger partial charge in [-0.1, -0.05) is 0 Å². The highest BCUT2D eigenvalue weighted by Gasteiger charge is 2.50. The molecule has 6 rings (SSSR count). The van der Waals surface area contributed by atoms with Crippen LogP contribution in [-0.2, 0) is 0 Å². The van der Waals surface area contributed by atoms with Crippen LogP contribution in [0.2, 0.25) is 0 Å². The van der Waals surface area contributed by atoms with Crippen LogP contribution in [0.15, 0.2) is 17.5 Å². The fourth-order valence-corrected chi connectivity index (χ4v) is 6.01. The first-order chi connectivity index (χ1) is 13.2. The molecule has 7 nitrogen and oxygen atoms in total. The average Bonchev–Trinajstić information content (AvgIpc) is 3.32. The van der Waals surface area contributed by atoms with E-state index in [-0.39, 0.29) is 0 Å². The zero-order chi connectivity index (χ0) is 18.0. The van der Waals surface area contributed by atoms with Crippen molar-refractivity contribution in [2.24, 2.45) is 0 Å². The quantitative estimate of drug-likeness (QED) is 0.640. The Labute approximate surface area is 161 Å². The fraction of sp³-hybridized carbons (Fsp3) is 0.526. The number of fused-ring (bicyclic) bond motifs is 1. The summed E-state index contributed by atoms with van der Waals surface area (Å²) < 4.78 is 0. The van der Waals surface area contributed by atoms with Gasteiger partial charge in [0.05, 0.1) is 5.39 Å². The van der Waals surface area contributed by atoms with Crippen LogP contribution in [0.1, 0.15) is 37.8 Å². The van der Waals surface area contributed by atoms with Crippen LogP contribution in [-0.4, -0.2) is 49.2 Å². The minimum absolute atomic E-state index is 0.466. The summed E-state index contributed by atoms with van der Waals surface area (Å²) in [4.78, 5) is 13.4. The molecule has 0 bridgehead atoms. The van der Waals surface area contributed by atoms with Gasteiger partial charge in [-0.2, -0.15) is 10.1 Å². The molecule has 0 aromatic carbocycles. The van der Waals surface area contributed by atoms with Gasteiger partial charge in [-0.15, -0.1) is 11.3 Å². The van der Waals surface area contributed by atoms with E-state index in [4.69, 9.17) is 9.97 Å². The molecule has 0 radical (unpaired) electrons. The standard InChI is InChI=1S/C19H23N7S/c1-10-6-16(25-24-10)21-17-15-4-5-27-18(15)23-19(22-17)20-11-7-12-2-3-13-9-14(8-11)26(12)13/h4-6,11-14H,2-3,7-9H2,1H3,(H3,20,21,22,23,24,25)/t11-,12-,13?,14-/m1/s1. The highest BCUT2D eigenvalue weighted by atomic mass is 32.1. The molecule has 3 aliphatic heterocycles. The lowest BCUT2D eigenvalue weighted by atomic mass is 9.83. The first-order valence-corrected chi connectivity index (χ1v) is 10.7. The Morgan fingerprint density at radius 2 is 2.00 bits per heavy atom. The number of anilines is 3. The molecule has 3 saturated heterocycles. The number of H-pyrrole nitrogens is 1. The molecular weight excluding hydrogens is 358 g/mol. The second-order valence-electron chi connectivity index (χ2n) is 8.13. The van der Waals surface area contributed by atoms with Gasteiger partial charge in [0.15, 0.2) is 5.82 Å². The van der Waals surface area contributed by atoms with Crippen molar-refractivity contribution in [2.45, 2.75) is 63.2 Å². The van der Waals surface area contributed by atoms with Gasteiger partial charge in [-0.25, -0.2) is 4.98 Å². The zero-order valence-corrected chi connectivity index (χ0v) is 16.1. The molecule has 6 heterocycles. The Bertz CT molecular complexity index is 995. The maximum absolute atomic E-state index is 4.80. The van der Waals surface area contributed by atoms with Gasteiger partial charge in [0.1, 0.15) is 10.6 Å². The first kappa shape index (κ1) is 15.8. The molecule has 3 fully saturated rings.